The Morgan fingerprint density at radius 1 is 1.44 bits per heavy atom. The minimum atomic E-state index is -0.725. The number of ether oxygens (including phenoxy) is 1. The van der Waals surface area contributed by atoms with Gasteiger partial charge in [-0.15, -0.1) is 0 Å². The van der Waals surface area contributed by atoms with Gasteiger partial charge in [0.1, 0.15) is 18.2 Å². The van der Waals surface area contributed by atoms with E-state index >= 15 is 0 Å². The summed E-state index contributed by atoms with van der Waals surface area (Å²) >= 11 is 0. The Morgan fingerprint density at radius 3 is 2.78 bits per heavy atom. The first kappa shape index (κ1) is 12.8. The molecule has 5 heteroatoms. The lowest BCUT2D eigenvalue weighted by molar-refractivity contribution is -0.141. The van der Waals surface area contributed by atoms with Crippen molar-refractivity contribution in [1.82, 2.24) is 4.90 Å². The molecule has 1 aliphatic heterocycles. The van der Waals surface area contributed by atoms with Gasteiger partial charge >= 0.3 is 5.97 Å². The molecule has 1 heterocycles. The van der Waals surface area contributed by atoms with Crippen molar-refractivity contribution in [3.63, 3.8) is 0 Å². The van der Waals surface area contributed by atoms with E-state index in [1.54, 1.807) is 12.1 Å². The Labute approximate surface area is 105 Å². The van der Waals surface area contributed by atoms with E-state index in [0.717, 1.165) is 6.54 Å². The van der Waals surface area contributed by atoms with Crippen LogP contribution in [0.3, 0.4) is 0 Å². The third kappa shape index (κ3) is 3.43. The molecule has 0 amide bonds. The molecular weight excluding hydrogens is 237 g/mol. The molecule has 1 aromatic rings. The highest BCUT2D eigenvalue weighted by atomic mass is 19.1. The van der Waals surface area contributed by atoms with E-state index in [0.29, 0.717) is 31.9 Å². The zero-order chi connectivity index (χ0) is 13.0. The molecule has 1 atom stereocenters. The van der Waals surface area contributed by atoms with E-state index < -0.39 is 5.97 Å². The predicted octanol–water partition coefficient (Wildman–Crippen LogP) is 1.61. The molecule has 98 valence electrons. The normalized spacial score (nSPS) is 19.9. The first-order valence-electron chi connectivity index (χ1n) is 5.98. The fourth-order valence-corrected chi connectivity index (χ4v) is 2.06. The highest BCUT2D eigenvalue weighted by molar-refractivity contribution is 5.70. The van der Waals surface area contributed by atoms with Crippen LogP contribution in [-0.2, 0) is 4.79 Å². The molecule has 4 nitrogen and oxygen atoms in total. The van der Waals surface area contributed by atoms with Gasteiger partial charge in [0, 0.05) is 13.1 Å². The van der Waals surface area contributed by atoms with Crippen LogP contribution in [0.4, 0.5) is 4.39 Å². The number of benzene rings is 1. The van der Waals surface area contributed by atoms with Crippen molar-refractivity contribution < 1.29 is 19.0 Å². The summed E-state index contributed by atoms with van der Waals surface area (Å²) in [7, 11) is 0. The average Bonchev–Trinajstić information content (AvgIpc) is 2.81. The van der Waals surface area contributed by atoms with Gasteiger partial charge in [-0.25, -0.2) is 4.39 Å². The molecule has 1 fully saturated rings. The second-order valence-corrected chi connectivity index (χ2v) is 4.43. The lowest BCUT2D eigenvalue weighted by Gasteiger charge is -2.15. The molecule has 0 aromatic heterocycles. The fraction of sp³-hybridized carbons (Fsp3) is 0.462. The smallest absolute Gasteiger partial charge is 0.307 e. The van der Waals surface area contributed by atoms with Crippen LogP contribution >= 0.6 is 0 Å². The molecule has 0 radical (unpaired) electrons. The van der Waals surface area contributed by atoms with Crippen molar-refractivity contribution in [2.24, 2.45) is 5.92 Å². The summed E-state index contributed by atoms with van der Waals surface area (Å²) in [5.74, 6) is -0.635. The second-order valence-electron chi connectivity index (χ2n) is 4.43. The van der Waals surface area contributed by atoms with Gasteiger partial charge in [-0.3, -0.25) is 9.69 Å². The molecule has 1 saturated heterocycles. The molecule has 0 saturated carbocycles. The fourth-order valence-electron chi connectivity index (χ4n) is 2.06. The Bertz CT molecular complexity index is 407. The maximum absolute atomic E-state index is 12.7. The Hall–Kier alpha value is -1.62. The summed E-state index contributed by atoms with van der Waals surface area (Å²) in [4.78, 5) is 12.9. The number of carboxylic acids is 1. The standard InChI is InChI=1S/C13H16FNO3/c14-11-1-3-12(4-2-11)18-8-7-15-6-5-10(9-15)13(16)17/h1-4,10H,5-9H2,(H,16,17). The highest BCUT2D eigenvalue weighted by Gasteiger charge is 2.27. The number of rotatable bonds is 5. The molecule has 1 N–H and O–H groups in total. The number of carboxylic acid groups (broad SMARTS) is 1. The first-order chi connectivity index (χ1) is 8.65. The zero-order valence-corrected chi connectivity index (χ0v) is 10.0. The molecular formula is C13H16FNO3. The SMILES string of the molecule is O=C(O)C1CCN(CCOc2ccc(F)cc2)C1. The highest BCUT2D eigenvalue weighted by Crippen LogP contribution is 2.16. The summed E-state index contributed by atoms with van der Waals surface area (Å²) in [6.45, 7) is 2.56. The monoisotopic (exact) mass is 253 g/mol. The number of hydrogen-bond acceptors (Lipinski definition) is 3. The molecule has 0 spiro atoms. The van der Waals surface area contributed by atoms with E-state index in [9.17, 15) is 9.18 Å². The molecule has 1 aromatic carbocycles. The van der Waals surface area contributed by atoms with Crippen LogP contribution in [0.15, 0.2) is 24.3 Å². The minimum Gasteiger partial charge on any atom is -0.492 e. The molecule has 1 aliphatic rings. The summed E-state index contributed by atoms with van der Waals surface area (Å²) in [6, 6.07) is 5.87. The van der Waals surface area contributed by atoms with Crippen molar-refractivity contribution in [2.75, 3.05) is 26.2 Å². The lowest BCUT2D eigenvalue weighted by atomic mass is 10.1. The van der Waals surface area contributed by atoms with Crippen molar-refractivity contribution in [2.45, 2.75) is 6.42 Å². The summed E-state index contributed by atoms with van der Waals surface area (Å²) < 4.78 is 18.1. The first-order valence-corrected chi connectivity index (χ1v) is 5.98. The Balaban J connectivity index is 1.70. The Morgan fingerprint density at radius 2 is 2.17 bits per heavy atom. The average molecular weight is 253 g/mol. The molecule has 2 rings (SSSR count). The summed E-state index contributed by atoms with van der Waals surface area (Å²) in [5, 5.41) is 8.87. The van der Waals surface area contributed by atoms with Crippen LogP contribution in [0.2, 0.25) is 0 Å². The van der Waals surface area contributed by atoms with E-state index in [4.69, 9.17) is 9.84 Å². The van der Waals surface area contributed by atoms with Gasteiger partial charge in [0.2, 0.25) is 0 Å². The van der Waals surface area contributed by atoms with Gasteiger partial charge in [-0.05, 0) is 37.2 Å². The molecule has 0 aliphatic carbocycles. The second kappa shape index (κ2) is 5.82. The number of hydrogen-bond donors (Lipinski definition) is 1. The largest absolute Gasteiger partial charge is 0.492 e. The minimum absolute atomic E-state index is 0.254. The van der Waals surface area contributed by atoms with Gasteiger partial charge in [0.25, 0.3) is 0 Å². The molecule has 1 unspecified atom stereocenters. The van der Waals surface area contributed by atoms with Crippen LogP contribution < -0.4 is 4.74 Å². The van der Waals surface area contributed by atoms with Gasteiger partial charge in [0.15, 0.2) is 0 Å². The Kier molecular flexibility index (Phi) is 4.15. The third-order valence-corrected chi connectivity index (χ3v) is 3.11. The van der Waals surface area contributed by atoms with Crippen molar-refractivity contribution >= 4 is 5.97 Å². The van der Waals surface area contributed by atoms with E-state index in [1.807, 2.05) is 0 Å². The quantitative estimate of drug-likeness (QED) is 0.866. The van der Waals surface area contributed by atoms with Crippen LogP contribution in [0, 0.1) is 11.7 Å². The van der Waals surface area contributed by atoms with E-state index in [-0.39, 0.29) is 11.7 Å². The van der Waals surface area contributed by atoms with Crippen LogP contribution in [0.25, 0.3) is 0 Å². The van der Waals surface area contributed by atoms with Crippen LogP contribution in [0.5, 0.6) is 5.75 Å². The number of halogens is 1. The third-order valence-electron chi connectivity index (χ3n) is 3.11. The van der Waals surface area contributed by atoms with Crippen LogP contribution in [0.1, 0.15) is 6.42 Å². The summed E-state index contributed by atoms with van der Waals surface area (Å²) in [6.07, 6.45) is 0.700. The topological polar surface area (TPSA) is 49.8 Å². The number of carbonyl (C=O) groups is 1. The number of aliphatic carboxylic acids is 1. The van der Waals surface area contributed by atoms with E-state index in [2.05, 4.69) is 4.90 Å². The van der Waals surface area contributed by atoms with Crippen molar-refractivity contribution in [3.8, 4) is 5.75 Å². The molecule has 18 heavy (non-hydrogen) atoms. The van der Waals surface area contributed by atoms with Crippen molar-refractivity contribution in [3.05, 3.63) is 30.1 Å². The van der Waals surface area contributed by atoms with Gasteiger partial charge < -0.3 is 9.84 Å². The summed E-state index contributed by atoms with van der Waals surface area (Å²) in [5.41, 5.74) is 0. The van der Waals surface area contributed by atoms with Gasteiger partial charge in [-0.2, -0.15) is 0 Å². The number of nitrogens with zero attached hydrogens (tertiary/aromatic N) is 1. The van der Waals surface area contributed by atoms with Gasteiger partial charge in [0.05, 0.1) is 5.92 Å². The number of likely N-dealkylation sites (tertiary alicyclic amines) is 1. The zero-order valence-electron chi connectivity index (χ0n) is 10.0. The van der Waals surface area contributed by atoms with Crippen LogP contribution in [-0.4, -0.2) is 42.2 Å². The maximum Gasteiger partial charge on any atom is 0.307 e. The molecule has 0 bridgehead atoms. The maximum atomic E-state index is 12.7. The lowest BCUT2D eigenvalue weighted by Crippen LogP contribution is -2.27. The van der Waals surface area contributed by atoms with Crippen molar-refractivity contribution in [1.29, 1.82) is 0 Å². The van der Waals surface area contributed by atoms with Gasteiger partial charge in [-0.1, -0.05) is 0 Å². The predicted molar refractivity (Wildman–Crippen MR) is 64.1 cm³/mol. The van der Waals surface area contributed by atoms with E-state index in [1.165, 1.54) is 12.1 Å².